The van der Waals surface area contributed by atoms with Crippen molar-refractivity contribution in [2.24, 2.45) is 5.73 Å². The monoisotopic (exact) mass is 248 g/mol. The molecule has 2 heterocycles. The molecule has 2 aliphatic rings. The number of nitrogens with one attached hydrogen (secondary N) is 1. The molecule has 0 amide bonds. The maximum Gasteiger partial charge on any atom is 0.231 e. The number of rotatable bonds is 1. The molecule has 0 radical (unpaired) electrons. The van der Waals surface area contributed by atoms with Crippen molar-refractivity contribution in [3.05, 3.63) is 18.2 Å². The van der Waals surface area contributed by atoms with Crippen LogP contribution in [0, 0.1) is 5.41 Å². The lowest BCUT2D eigenvalue weighted by Crippen LogP contribution is -2.50. The molecular weight excluding hydrogens is 232 g/mol. The van der Waals surface area contributed by atoms with Gasteiger partial charge in [0, 0.05) is 37.9 Å². The Morgan fingerprint density at radius 2 is 1.83 bits per heavy atom. The van der Waals surface area contributed by atoms with Crippen LogP contribution in [0.4, 0.5) is 5.69 Å². The van der Waals surface area contributed by atoms with Gasteiger partial charge in [0.05, 0.1) is 0 Å². The molecule has 0 atom stereocenters. The molecule has 0 aromatic heterocycles. The zero-order valence-electron chi connectivity index (χ0n) is 10.1. The fourth-order valence-electron chi connectivity index (χ4n) is 2.29. The predicted octanol–water partition coefficient (Wildman–Crippen LogP) is 0.431. The first-order valence-corrected chi connectivity index (χ1v) is 5.97. The van der Waals surface area contributed by atoms with E-state index < -0.39 is 0 Å². The van der Waals surface area contributed by atoms with Gasteiger partial charge in [0.2, 0.25) is 6.79 Å². The summed E-state index contributed by atoms with van der Waals surface area (Å²) in [5.74, 6) is 1.77. The van der Waals surface area contributed by atoms with E-state index in [4.69, 9.17) is 20.6 Å². The van der Waals surface area contributed by atoms with Crippen LogP contribution in [0.5, 0.6) is 11.5 Å². The van der Waals surface area contributed by atoms with Gasteiger partial charge in [-0.15, -0.1) is 0 Å². The first-order chi connectivity index (χ1) is 8.74. The molecular formula is C12H16N4O2. The van der Waals surface area contributed by atoms with Crippen LogP contribution in [-0.2, 0) is 0 Å². The summed E-state index contributed by atoms with van der Waals surface area (Å²) in [6.07, 6.45) is 0. The van der Waals surface area contributed by atoms with Crippen LogP contribution < -0.4 is 20.1 Å². The summed E-state index contributed by atoms with van der Waals surface area (Å²) >= 11 is 0. The molecule has 3 rings (SSSR count). The molecule has 18 heavy (non-hydrogen) atoms. The second-order valence-electron chi connectivity index (χ2n) is 4.40. The van der Waals surface area contributed by atoms with E-state index in [1.54, 1.807) is 0 Å². The molecule has 0 aliphatic carbocycles. The molecule has 0 unspecified atom stereocenters. The molecule has 0 saturated carbocycles. The largest absolute Gasteiger partial charge is 0.454 e. The van der Waals surface area contributed by atoms with Gasteiger partial charge in [-0.25, -0.2) is 0 Å². The predicted molar refractivity (Wildman–Crippen MR) is 68.3 cm³/mol. The highest BCUT2D eigenvalue weighted by atomic mass is 16.7. The summed E-state index contributed by atoms with van der Waals surface area (Å²) < 4.78 is 10.7. The van der Waals surface area contributed by atoms with E-state index in [0.29, 0.717) is 6.79 Å². The summed E-state index contributed by atoms with van der Waals surface area (Å²) in [6, 6.07) is 5.98. The first kappa shape index (κ1) is 11.0. The van der Waals surface area contributed by atoms with Crippen LogP contribution in [0.25, 0.3) is 0 Å². The zero-order valence-corrected chi connectivity index (χ0v) is 10.1. The summed E-state index contributed by atoms with van der Waals surface area (Å²) in [6.45, 7) is 3.59. The van der Waals surface area contributed by atoms with Gasteiger partial charge in [-0.05, 0) is 12.1 Å². The summed E-state index contributed by atoms with van der Waals surface area (Å²) in [4.78, 5) is 4.14. The maximum atomic E-state index is 7.41. The second-order valence-corrected chi connectivity index (χ2v) is 4.40. The number of anilines is 1. The minimum atomic E-state index is 0.153. The molecule has 1 aromatic carbocycles. The molecule has 2 aliphatic heterocycles. The van der Waals surface area contributed by atoms with Gasteiger partial charge in [0.15, 0.2) is 17.5 Å². The SMILES string of the molecule is N=C(N)N1CCN(c2ccc3c(c2)OCO3)CC1. The summed E-state index contributed by atoms with van der Waals surface area (Å²) in [7, 11) is 0. The third-order valence-corrected chi connectivity index (χ3v) is 3.34. The third-order valence-electron chi connectivity index (χ3n) is 3.34. The Morgan fingerprint density at radius 1 is 1.11 bits per heavy atom. The molecule has 6 nitrogen and oxygen atoms in total. The quantitative estimate of drug-likeness (QED) is 0.557. The van der Waals surface area contributed by atoms with Crippen molar-refractivity contribution in [1.82, 2.24) is 4.90 Å². The van der Waals surface area contributed by atoms with Crippen LogP contribution in [0.3, 0.4) is 0 Å². The number of nitrogens with two attached hydrogens (primary N) is 1. The summed E-state index contributed by atoms with van der Waals surface area (Å²) in [5.41, 5.74) is 6.61. The standard InChI is InChI=1S/C12H16N4O2/c13-12(14)16-5-3-15(4-6-16)9-1-2-10-11(7-9)18-8-17-10/h1-2,7H,3-6,8H2,(H3,13,14). The molecule has 1 fully saturated rings. The van der Waals surface area contributed by atoms with E-state index in [-0.39, 0.29) is 5.96 Å². The average Bonchev–Trinajstić information content (AvgIpc) is 2.86. The van der Waals surface area contributed by atoms with Gasteiger partial charge in [0.1, 0.15) is 0 Å². The number of hydrogen-bond donors (Lipinski definition) is 2. The van der Waals surface area contributed by atoms with Crippen molar-refractivity contribution >= 4 is 11.6 Å². The number of hydrogen-bond acceptors (Lipinski definition) is 4. The lowest BCUT2D eigenvalue weighted by Gasteiger charge is -2.36. The molecule has 0 bridgehead atoms. The van der Waals surface area contributed by atoms with Crippen molar-refractivity contribution in [3.63, 3.8) is 0 Å². The van der Waals surface area contributed by atoms with Crippen LogP contribution in [0.2, 0.25) is 0 Å². The van der Waals surface area contributed by atoms with Crippen molar-refractivity contribution < 1.29 is 9.47 Å². The third kappa shape index (κ3) is 1.90. The highest BCUT2D eigenvalue weighted by Crippen LogP contribution is 2.35. The molecule has 6 heteroatoms. The Hall–Kier alpha value is -2.11. The molecule has 0 spiro atoms. The fraction of sp³-hybridized carbons (Fsp3) is 0.417. The Labute approximate surface area is 105 Å². The van der Waals surface area contributed by atoms with Crippen LogP contribution in [0.15, 0.2) is 18.2 Å². The average molecular weight is 248 g/mol. The van der Waals surface area contributed by atoms with Gasteiger partial charge in [-0.1, -0.05) is 0 Å². The van der Waals surface area contributed by atoms with Gasteiger partial charge >= 0.3 is 0 Å². The number of ether oxygens (including phenoxy) is 2. The molecule has 96 valence electrons. The number of fused-ring (bicyclic) bond motifs is 1. The smallest absolute Gasteiger partial charge is 0.231 e. The van der Waals surface area contributed by atoms with E-state index in [1.165, 1.54) is 0 Å². The molecule has 1 aromatic rings. The van der Waals surface area contributed by atoms with Gasteiger partial charge in [-0.2, -0.15) is 0 Å². The van der Waals surface area contributed by atoms with E-state index in [1.807, 2.05) is 23.1 Å². The zero-order chi connectivity index (χ0) is 12.5. The lowest BCUT2D eigenvalue weighted by atomic mass is 10.2. The number of benzene rings is 1. The highest BCUT2D eigenvalue weighted by Gasteiger charge is 2.20. The topological polar surface area (TPSA) is 74.8 Å². The van der Waals surface area contributed by atoms with Crippen molar-refractivity contribution in [3.8, 4) is 11.5 Å². The minimum absolute atomic E-state index is 0.153. The fourth-order valence-corrected chi connectivity index (χ4v) is 2.29. The van der Waals surface area contributed by atoms with Gasteiger partial charge < -0.3 is 25.0 Å². The summed E-state index contributed by atoms with van der Waals surface area (Å²) in [5, 5.41) is 7.41. The second kappa shape index (κ2) is 4.29. The Balaban J connectivity index is 1.71. The van der Waals surface area contributed by atoms with Crippen LogP contribution in [-0.4, -0.2) is 43.8 Å². The number of piperazine rings is 1. The van der Waals surface area contributed by atoms with Crippen molar-refractivity contribution in [1.29, 1.82) is 5.41 Å². The van der Waals surface area contributed by atoms with Gasteiger partial charge in [0.25, 0.3) is 0 Å². The Morgan fingerprint density at radius 3 is 2.56 bits per heavy atom. The normalized spacial score (nSPS) is 18.0. The van der Waals surface area contributed by atoms with Crippen molar-refractivity contribution in [2.75, 3.05) is 37.9 Å². The van der Waals surface area contributed by atoms with Crippen LogP contribution in [0.1, 0.15) is 0 Å². The van der Waals surface area contributed by atoms with Crippen molar-refractivity contribution in [2.45, 2.75) is 0 Å². The Kier molecular flexibility index (Phi) is 2.62. The van der Waals surface area contributed by atoms with Gasteiger partial charge in [-0.3, -0.25) is 5.41 Å². The van der Waals surface area contributed by atoms with E-state index in [0.717, 1.165) is 43.4 Å². The number of nitrogens with zero attached hydrogens (tertiary/aromatic N) is 2. The maximum absolute atomic E-state index is 7.41. The first-order valence-electron chi connectivity index (χ1n) is 5.97. The lowest BCUT2D eigenvalue weighted by molar-refractivity contribution is 0.174. The minimum Gasteiger partial charge on any atom is -0.454 e. The van der Waals surface area contributed by atoms with Crippen LogP contribution >= 0.6 is 0 Å². The van der Waals surface area contributed by atoms with E-state index >= 15 is 0 Å². The highest BCUT2D eigenvalue weighted by molar-refractivity contribution is 5.75. The molecule has 3 N–H and O–H groups in total. The van der Waals surface area contributed by atoms with E-state index in [9.17, 15) is 0 Å². The Bertz CT molecular complexity index is 469. The molecule has 1 saturated heterocycles. The number of guanidine groups is 1. The van der Waals surface area contributed by atoms with E-state index in [2.05, 4.69) is 4.90 Å².